The van der Waals surface area contributed by atoms with Crippen LogP contribution in [0.15, 0.2) is 30.3 Å². The molecule has 0 bridgehead atoms. The third-order valence-corrected chi connectivity index (χ3v) is 6.87. The fourth-order valence-electron chi connectivity index (χ4n) is 4.10. The molecule has 1 atom stereocenters. The van der Waals surface area contributed by atoms with Gasteiger partial charge in [0.05, 0.1) is 19.1 Å². The highest BCUT2D eigenvalue weighted by Gasteiger charge is 2.24. The van der Waals surface area contributed by atoms with Gasteiger partial charge < -0.3 is 14.6 Å². The Morgan fingerprint density at radius 2 is 2.17 bits per heavy atom. The molecule has 2 aliphatic rings. The summed E-state index contributed by atoms with van der Waals surface area (Å²) in [4.78, 5) is 16.1. The van der Waals surface area contributed by atoms with E-state index in [1.165, 1.54) is 15.0 Å². The van der Waals surface area contributed by atoms with Crippen molar-refractivity contribution in [2.75, 3.05) is 26.3 Å². The zero-order valence-corrected chi connectivity index (χ0v) is 17.2. The van der Waals surface area contributed by atoms with Crippen molar-refractivity contribution in [3.63, 3.8) is 0 Å². The SMILES string of the molecule is O=C(NCc1nnc2n1CCN(Cc1cc3ccccc3s1)CC2)C1CCOC1. The number of nitrogens with one attached hydrogen (secondary N) is 1. The number of carbonyl (C=O) groups is 1. The highest BCUT2D eigenvalue weighted by atomic mass is 32.1. The van der Waals surface area contributed by atoms with Gasteiger partial charge in [0, 0.05) is 48.8 Å². The molecule has 1 fully saturated rings. The normalized spacial score (nSPS) is 19.9. The molecule has 1 N–H and O–H groups in total. The summed E-state index contributed by atoms with van der Waals surface area (Å²) in [6.07, 6.45) is 1.68. The summed E-state index contributed by atoms with van der Waals surface area (Å²) in [5.74, 6) is 1.88. The third-order valence-electron chi connectivity index (χ3n) is 5.77. The Morgan fingerprint density at radius 3 is 3.03 bits per heavy atom. The van der Waals surface area contributed by atoms with E-state index in [1.54, 1.807) is 0 Å². The first-order chi connectivity index (χ1) is 14.3. The second-order valence-electron chi connectivity index (χ2n) is 7.74. The minimum atomic E-state index is -0.0293. The second kappa shape index (κ2) is 8.22. The number of amides is 1. The maximum Gasteiger partial charge on any atom is 0.225 e. The molecule has 0 radical (unpaired) electrons. The van der Waals surface area contributed by atoms with Crippen LogP contribution in [0.4, 0.5) is 0 Å². The van der Waals surface area contributed by atoms with Crippen LogP contribution in [-0.2, 0) is 35.6 Å². The van der Waals surface area contributed by atoms with E-state index in [-0.39, 0.29) is 11.8 Å². The van der Waals surface area contributed by atoms with Gasteiger partial charge in [-0.05, 0) is 23.9 Å². The number of rotatable bonds is 5. The van der Waals surface area contributed by atoms with Crippen molar-refractivity contribution in [3.8, 4) is 0 Å². The summed E-state index contributed by atoms with van der Waals surface area (Å²) in [6.45, 7) is 5.37. The fourth-order valence-corrected chi connectivity index (χ4v) is 5.21. The molecule has 0 spiro atoms. The lowest BCUT2D eigenvalue weighted by Gasteiger charge is -2.18. The molecular formula is C21H25N5O2S. The number of fused-ring (bicyclic) bond motifs is 2. The van der Waals surface area contributed by atoms with Crippen LogP contribution in [0.25, 0.3) is 10.1 Å². The molecule has 2 aromatic heterocycles. The number of hydrogen-bond acceptors (Lipinski definition) is 6. The van der Waals surface area contributed by atoms with Crippen LogP contribution in [0, 0.1) is 5.92 Å². The highest BCUT2D eigenvalue weighted by Crippen LogP contribution is 2.26. The van der Waals surface area contributed by atoms with Gasteiger partial charge >= 0.3 is 0 Å². The number of aromatic nitrogens is 3. The van der Waals surface area contributed by atoms with Crippen molar-refractivity contribution in [2.45, 2.75) is 32.5 Å². The number of hydrogen-bond donors (Lipinski definition) is 1. The molecule has 3 aromatic rings. The molecule has 1 aromatic carbocycles. The minimum absolute atomic E-state index is 0.0293. The van der Waals surface area contributed by atoms with Crippen molar-refractivity contribution in [1.82, 2.24) is 25.0 Å². The maximum absolute atomic E-state index is 12.3. The lowest BCUT2D eigenvalue weighted by molar-refractivity contribution is -0.125. The van der Waals surface area contributed by atoms with Gasteiger partial charge in [-0.2, -0.15) is 0 Å². The number of ether oxygens (including phenoxy) is 1. The lowest BCUT2D eigenvalue weighted by atomic mass is 10.1. The molecule has 0 aliphatic carbocycles. The van der Waals surface area contributed by atoms with Crippen LogP contribution in [0.3, 0.4) is 0 Å². The van der Waals surface area contributed by atoms with Crippen molar-refractivity contribution >= 4 is 27.3 Å². The lowest BCUT2D eigenvalue weighted by Crippen LogP contribution is -2.32. The van der Waals surface area contributed by atoms with Crippen molar-refractivity contribution in [3.05, 3.63) is 46.9 Å². The average Bonchev–Trinajstić information content (AvgIpc) is 3.45. The standard InChI is InChI=1S/C21H25N5O2S/c27-21(16-6-10-28-14-16)22-12-20-24-23-19-5-7-25(8-9-26(19)20)13-17-11-15-3-1-2-4-18(15)29-17/h1-4,11,16H,5-10,12-14H2,(H,22,27). The largest absolute Gasteiger partial charge is 0.381 e. The summed E-state index contributed by atoms with van der Waals surface area (Å²) in [7, 11) is 0. The van der Waals surface area contributed by atoms with Gasteiger partial charge in [-0.15, -0.1) is 21.5 Å². The van der Waals surface area contributed by atoms with Crippen molar-refractivity contribution in [2.24, 2.45) is 5.92 Å². The molecule has 152 valence electrons. The highest BCUT2D eigenvalue weighted by molar-refractivity contribution is 7.19. The van der Waals surface area contributed by atoms with Crippen molar-refractivity contribution in [1.29, 1.82) is 0 Å². The van der Waals surface area contributed by atoms with Crippen LogP contribution in [0.5, 0.6) is 0 Å². The van der Waals surface area contributed by atoms with Gasteiger partial charge in [-0.25, -0.2) is 0 Å². The van der Waals surface area contributed by atoms with Gasteiger partial charge in [0.1, 0.15) is 5.82 Å². The van der Waals surface area contributed by atoms with Crippen LogP contribution in [-0.4, -0.2) is 51.9 Å². The topological polar surface area (TPSA) is 72.3 Å². The number of nitrogens with zero attached hydrogens (tertiary/aromatic N) is 4. The molecule has 5 rings (SSSR count). The molecule has 1 unspecified atom stereocenters. The van der Waals surface area contributed by atoms with E-state index in [2.05, 4.69) is 55.3 Å². The van der Waals surface area contributed by atoms with Gasteiger partial charge in [0.2, 0.25) is 5.91 Å². The molecule has 7 nitrogen and oxygen atoms in total. The molecule has 0 saturated carbocycles. The number of benzene rings is 1. The van der Waals surface area contributed by atoms with E-state index in [0.717, 1.165) is 50.7 Å². The molecule has 8 heteroatoms. The minimum Gasteiger partial charge on any atom is -0.381 e. The summed E-state index contributed by atoms with van der Waals surface area (Å²) in [5.41, 5.74) is 0. The first kappa shape index (κ1) is 18.7. The zero-order chi connectivity index (χ0) is 19.6. The van der Waals surface area contributed by atoms with E-state index in [1.807, 2.05) is 11.3 Å². The smallest absolute Gasteiger partial charge is 0.225 e. The van der Waals surface area contributed by atoms with Gasteiger partial charge in [0.15, 0.2) is 5.82 Å². The summed E-state index contributed by atoms with van der Waals surface area (Å²) >= 11 is 1.88. The number of carbonyl (C=O) groups excluding carboxylic acids is 1. The van der Waals surface area contributed by atoms with Crippen LogP contribution >= 0.6 is 11.3 Å². The predicted octanol–water partition coefficient (Wildman–Crippen LogP) is 2.20. The first-order valence-corrected chi connectivity index (χ1v) is 11.0. The summed E-state index contributed by atoms with van der Waals surface area (Å²) in [6, 6.07) is 10.9. The van der Waals surface area contributed by atoms with Gasteiger partial charge in [-0.3, -0.25) is 9.69 Å². The zero-order valence-electron chi connectivity index (χ0n) is 16.3. The van der Waals surface area contributed by atoms with Crippen LogP contribution in [0.2, 0.25) is 0 Å². The summed E-state index contributed by atoms with van der Waals surface area (Å²) in [5, 5.41) is 13.0. The quantitative estimate of drug-likeness (QED) is 0.697. The Hall–Kier alpha value is -2.29. The van der Waals surface area contributed by atoms with Gasteiger partial charge in [0.25, 0.3) is 0 Å². The Labute approximate surface area is 173 Å². The Morgan fingerprint density at radius 1 is 1.24 bits per heavy atom. The van der Waals surface area contributed by atoms with Gasteiger partial charge in [-0.1, -0.05) is 18.2 Å². The van der Waals surface area contributed by atoms with E-state index in [0.29, 0.717) is 19.8 Å². The molecule has 4 heterocycles. The van der Waals surface area contributed by atoms with E-state index in [4.69, 9.17) is 4.74 Å². The first-order valence-electron chi connectivity index (χ1n) is 10.2. The molecular weight excluding hydrogens is 386 g/mol. The predicted molar refractivity (Wildman–Crippen MR) is 112 cm³/mol. The second-order valence-corrected chi connectivity index (χ2v) is 8.91. The van der Waals surface area contributed by atoms with Crippen molar-refractivity contribution < 1.29 is 9.53 Å². The Kier molecular flexibility index (Phi) is 5.30. The average molecular weight is 412 g/mol. The molecule has 29 heavy (non-hydrogen) atoms. The fraction of sp³-hybridized carbons (Fsp3) is 0.476. The molecule has 1 saturated heterocycles. The molecule has 1 amide bonds. The third kappa shape index (κ3) is 4.05. The monoisotopic (exact) mass is 411 g/mol. The van der Waals surface area contributed by atoms with E-state index in [9.17, 15) is 4.79 Å². The summed E-state index contributed by atoms with van der Waals surface area (Å²) < 4.78 is 8.83. The number of thiophene rings is 1. The maximum atomic E-state index is 12.3. The Balaban J connectivity index is 1.20. The van der Waals surface area contributed by atoms with Crippen LogP contribution in [0.1, 0.15) is 22.9 Å². The van der Waals surface area contributed by atoms with Crippen LogP contribution < -0.4 is 5.32 Å². The Bertz CT molecular complexity index is 975. The molecule has 2 aliphatic heterocycles. The van der Waals surface area contributed by atoms with E-state index >= 15 is 0 Å². The van der Waals surface area contributed by atoms with E-state index < -0.39 is 0 Å².